The fraction of sp³-hybridized carbons (Fsp3) is 0.214. The van der Waals surface area contributed by atoms with E-state index in [2.05, 4.69) is 5.32 Å². The van der Waals surface area contributed by atoms with Gasteiger partial charge in [0.05, 0.1) is 30.6 Å². The fourth-order valence-corrected chi connectivity index (χ4v) is 2.20. The van der Waals surface area contributed by atoms with Crippen molar-refractivity contribution in [1.29, 1.82) is 0 Å². The average molecular weight is 310 g/mol. The molecule has 0 fully saturated rings. The lowest BCUT2D eigenvalue weighted by molar-refractivity contribution is 0.101. The molecule has 1 aromatic carbocycles. The Balaban J connectivity index is 2.32. The largest absolute Gasteiger partial charge is 0.495 e. The smallest absolute Gasteiger partial charge is 0.272 e. The Morgan fingerprint density at radius 3 is 2.43 bits per heavy atom. The monoisotopic (exact) mass is 309 g/mol. The van der Waals surface area contributed by atoms with Crippen LogP contribution in [-0.4, -0.2) is 24.7 Å². The Morgan fingerprint density at radius 2 is 1.90 bits per heavy atom. The van der Waals surface area contributed by atoms with E-state index in [1.165, 1.54) is 14.2 Å². The molecule has 0 unspecified atom stereocenters. The van der Waals surface area contributed by atoms with Gasteiger partial charge in [0, 0.05) is 19.3 Å². The zero-order valence-corrected chi connectivity index (χ0v) is 12.7. The van der Waals surface area contributed by atoms with E-state index in [0.717, 1.165) is 0 Å². The predicted octanol–water partition coefficient (Wildman–Crippen LogP) is 2.53. The zero-order chi connectivity index (χ0) is 15.6. The number of carbonyl (C=O) groups excluding carboxylic acids is 1. The van der Waals surface area contributed by atoms with Crippen molar-refractivity contribution in [2.45, 2.75) is 0 Å². The van der Waals surface area contributed by atoms with Crippen LogP contribution >= 0.6 is 11.6 Å². The van der Waals surface area contributed by atoms with Gasteiger partial charge in [-0.3, -0.25) is 4.79 Å². The quantitative estimate of drug-likeness (QED) is 0.909. The lowest BCUT2D eigenvalue weighted by atomic mass is 10.2. The van der Waals surface area contributed by atoms with Gasteiger partial charge in [-0.15, -0.1) is 0 Å². The number of aryl methyl sites for hydroxylation is 1. The molecular weight excluding hydrogens is 294 g/mol. The second-order valence-electron chi connectivity index (χ2n) is 4.41. The van der Waals surface area contributed by atoms with Crippen molar-refractivity contribution in [3.8, 4) is 11.5 Å². The van der Waals surface area contributed by atoms with E-state index in [1.54, 1.807) is 36.0 Å². The van der Waals surface area contributed by atoms with E-state index in [4.69, 9.17) is 26.8 Å². The normalized spacial score (nSPS) is 10.3. The van der Waals surface area contributed by atoms with Gasteiger partial charge in [-0.05, 0) is 12.1 Å². The van der Waals surface area contributed by atoms with Gasteiger partial charge in [0.25, 0.3) is 5.91 Å². The van der Waals surface area contributed by atoms with Crippen molar-refractivity contribution in [2.75, 3.05) is 25.3 Å². The summed E-state index contributed by atoms with van der Waals surface area (Å²) in [5.74, 6) is 0.607. The van der Waals surface area contributed by atoms with Crippen molar-refractivity contribution in [2.24, 2.45) is 7.05 Å². The molecule has 1 aromatic heterocycles. The standard InChI is InChI=1S/C14H16ClN3O3/c1-18-7-8(16)4-11(18)14(19)17-10-5-9(15)12(20-2)6-13(10)21-3/h4-7H,16H2,1-3H3,(H,17,19). The second-order valence-corrected chi connectivity index (χ2v) is 4.82. The van der Waals surface area contributed by atoms with E-state index >= 15 is 0 Å². The molecule has 1 heterocycles. The molecule has 0 bridgehead atoms. The molecule has 7 heteroatoms. The molecule has 0 radical (unpaired) electrons. The molecule has 0 aliphatic rings. The summed E-state index contributed by atoms with van der Waals surface area (Å²) < 4.78 is 12.0. The van der Waals surface area contributed by atoms with Gasteiger partial charge in [-0.25, -0.2) is 0 Å². The number of rotatable bonds is 4. The van der Waals surface area contributed by atoms with Crippen LogP contribution in [0.2, 0.25) is 5.02 Å². The number of anilines is 2. The van der Waals surface area contributed by atoms with Gasteiger partial charge < -0.3 is 25.1 Å². The first-order chi connectivity index (χ1) is 9.96. The number of nitrogens with two attached hydrogens (primary N) is 1. The highest BCUT2D eigenvalue weighted by Gasteiger charge is 2.15. The molecule has 6 nitrogen and oxygen atoms in total. The number of benzene rings is 1. The first-order valence-corrected chi connectivity index (χ1v) is 6.48. The van der Waals surface area contributed by atoms with Crippen molar-refractivity contribution in [1.82, 2.24) is 4.57 Å². The predicted molar refractivity (Wildman–Crippen MR) is 82.3 cm³/mol. The van der Waals surface area contributed by atoms with Gasteiger partial charge in [0.15, 0.2) is 0 Å². The molecule has 21 heavy (non-hydrogen) atoms. The summed E-state index contributed by atoms with van der Waals surface area (Å²) in [6.45, 7) is 0. The number of aromatic nitrogens is 1. The molecule has 0 aliphatic carbocycles. The van der Waals surface area contributed by atoms with E-state index in [-0.39, 0.29) is 5.91 Å². The van der Waals surface area contributed by atoms with Crippen LogP contribution in [0.5, 0.6) is 11.5 Å². The molecule has 0 aliphatic heterocycles. The van der Waals surface area contributed by atoms with Crippen LogP contribution in [0.3, 0.4) is 0 Å². The van der Waals surface area contributed by atoms with Gasteiger partial charge in [0.1, 0.15) is 17.2 Å². The zero-order valence-electron chi connectivity index (χ0n) is 11.9. The van der Waals surface area contributed by atoms with Crippen LogP contribution in [-0.2, 0) is 7.05 Å². The summed E-state index contributed by atoms with van der Waals surface area (Å²) in [6, 6.07) is 4.77. The summed E-state index contributed by atoms with van der Waals surface area (Å²) >= 11 is 6.07. The van der Waals surface area contributed by atoms with Crippen molar-refractivity contribution in [3.05, 3.63) is 35.1 Å². The van der Waals surface area contributed by atoms with Crippen molar-refractivity contribution >= 4 is 28.9 Å². The molecule has 0 saturated carbocycles. The maximum Gasteiger partial charge on any atom is 0.272 e. The highest BCUT2D eigenvalue weighted by Crippen LogP contribution is 2.36. The van der Waals surface area contributed by atoms with Crippen LogP contribution < -0.4 is 20.5 Å². The Bertz CT molecular complexity index is 682. The van der Waals surface area contributed by atoms with E-state index < -0.39 is 0 Å². The number of nitrogens with zero attached hydrogens (tertiary/aromatic N) is 1. The summed E-state index contributed by atoms with van der Waals surface area (Å²) in [4.78, 5) is 12.3. The third kappa shape index (κ3) is 3.05. The Morgan fingerprint density at radius 1 is 1.24 bits per heavy atom. The SMILES string of the molecule is COc1cc(OC)c(NC(=O)c2cc(N)cn2C)cc1Cl. The topological polar surface area (TPSA) is 78.5 Å². The fourth-order valence-electron chi connectivity index (χ4n) is 1.96. The minimum Gasteiger partial charge on any atom is -0.495 e. The lowest BCUT2D eigenvalue weighted by Gasteiger charge is -2.13. The highest BCUT2D eigenvalue weighted by atomic mass is 35.5. The number of hydrogen-bond acceptors (Lipinski definition) is 4. The van der Waals surface area contributed by atoms with Crippen LogP contribution in [0.1, 0.15) is 10.5 Å². The Labute approximate surface area is 127 Å². The van der Waals surface area contributed by atoms with Crippen LogP contribution in [0.15, 0.2) is 24.4 Å². The maximum absolute atomic E-state index is 12.3. The molecule has 0 spiro atoms. The molecule has 0 saturated heterocycles. The van der Waals surface area contributed by atoms with Gasteiger partial charge in [0.2, 0.25) is 0 Å². The maximum atomic E-state index is 12.3. The number of halogens is 1. The first kappa shape index (κ1) is 15.1. The Hall–Kier alpha value is -2.34. The van der Waals surface area contributed by atoms with Gasteiger partial charge >= 0.3 is 0 Å². The van der Waals surface area contributed by atoms with Crippen molar-refractivity contribution in [3.63, 3.8) is 0 Å². The number of nitrogen functional groups attached to an aromatic ring is 1. The summed E-state index contributed by atoms with van der Waals surface area (Å²) in [5.41, 5.74) is 7.07. The lowest BCUT2D eigenvalue weighted by Crippen LogP contribution is -2.16. The minimum absolute atomic E-state index is 0.311. The number of amides is 1. The van der Waals surface area contributed by atoms with Crippen LogP contribution in [0.25, 0.3) is 0 Å². The number of carbonyl (C=O) groups is 1. The number of ether oxygens (including phenoxy) is 2. The number of nitrogens with one attached hydrogen (secondary N) is 1. The highest BCUT2D eigenvalue weighted by molar-refractivity contribution is 6.32. The molecular formula is C14H16ClN3O3. The molecule has 2 aromatic rings. The Kier molecular flexibility index (Phi) is 4.28. The van der Waals surface area contributed by atoms with E-state index in [0.29, 0.717) is 33.6 Å². The summed E-state index contributed by atoms with van der Waals surface area (Å²) in [6.07, 6.45) is 1.66. The molecule has 3 N–H and O–H groups in total. The average Bonchev–Trinajstić information content (AvgIpc) is 2.78. The second kappa shape index (κ2) is 5.97. The molecule has 112 valence electrons. The van der Waals surface area contributed by atoms with Crippen LogP contribution in [0.4, 0.5) is 11.4 Å². The third-order valence-electron chi connectivity index (χ3n) is 2.98. The first-order valence-electron chi connectivity index (χ1n) is 6.11. The molecule has 2 rings (SSSR count). The minimum atomic E-state index is -0.311. The molecule has 0 atom stereocenters. The van der Waals surface area contributed by atoms with Gasteiger partial charge in [-0.2, -0.15) is 0 Å². The number of methoxy groups -OCH3 is 2. The molecule has 1 amide bonds. The summed E-state index contributed by atoms with van der Waals surface area (Å²) in [5, 5.41) is 3.12. The third-order valence-corrected chi connectivity index (χ3v) is 3.28. The van der Waals surface area contributed by atoms with E-state index in [9.17, 15) is 4.79 Å². The van der Waals surface area contributed by atoms with E-state index in [1.807, 2.05) is 0 Å². The van der Waals surface area contributed by atoms with Crippen LogP contribution in [0, 0.1) is 0 Å². The summed E-state index contributed by atoms with van der Waals surface area (Å²) in [7, 11) is 4.74. The van der Waals surface area contributed by atoms with Crippen molar-refractivity contribution < 1.29 is 14.3 Å². The van der Waals surface area contributed by atoms with Gasteiger partial charge in [-0.1, -0.05) is 11.6 Å². The number of hydrogen-bond donors (Lipinski definition) is 2.